The van der Waals surface area contributed by atoms with Gasteiger partial charge in [-0.05, 0) is 54.8 Å². The van der Waals surface area contributed by atoms with E-state index in [1.807, 2.05) is 36.4 Å². The highest BCUT2D eigenvalue weighted by atomic mass is 16.5. The summed E-state index contributed by atoms with van der Waals surface area (Å²) in [6.07, 6.45) is 3.06. The Morgan fingerprint density at radius 3 is 1.80 bits per heavy atom. The fourth-order valence-corrected chi connectivity index (χ4v) is 2.56. The van der Waals surface area contributed by atoms with Gasteiger partial charge in [0.15, 0.2) is 23.0 Å². The summed E-state index contributed by atoms with van der Waals surface area (Å²) in [6.45, 7) is 1.57. The summed E-state index contributed by atoms with van der Waals surface area (Å²) < 4.78 is 21.1. The third kappa shape index (κ3) is 5.29. The van der Waals surface area contributed by atoms with Crippen LogP contribution in [0.25, 0.3) is 0 Å². The number of rotatable bonds is 10. The Kier molecular flexibility index (Phi) is 7.41. The van der Waals surface area contributed by atoms with Crippen LogP contribution < -0.4 is 24.3 Å². The predicted octanol–water partition coefficient (Wildman–Crippen LogP) is 3.26. The fourth-order valence-electron chi connectivity index (χ4n) is 2.56. The molecular formula is C20H26NO4. The van der Waals surface area contributed by atoms with E-state index in [1.165, 1.54) is 5.56 Å². The number of nitrogens with one attached hydrogen (secondary N) is 1. The second-order valence-electron chi connectivity index (χ2n) is 5.50. The molecule has 0 aromatic heterocycles. The van der Waals surface area contributed by atoms with E-state index in [1.54, 1.807) is 28.4 Å². The van der Waals surface area contributed by atoms with Gasteiger partial charge in [-0.1, -0.05) is 12.1 Å². The molecule has 2 aromatic carbocycles. The van der Waals surface area contributed by atoms with Crippen molar-refractivity contribution in [2.45, 2.75) is 13.0 Å². The first kappa shape index (κ1) is 18.9. The Morgan fingerprint density at radius 2 is 1.24 bits per heavy atom. The maximum atomic E-state index is 5.33. The lowest BCUT2D eigenvalue weighted by Crippen LogP contribution is -2.16. The molecule has 25 heavy (non-hydrogen) atoms. The molecule has 0 atom stereocenters. The summed E-state index contributed by atoms with van der Waals surface area (Å²) in [5.74, 6) is 2.99. The zero-order chi connectivity index (χ0) is 18.1. The maximum Gasteiger partial charge on any atom is 0.161 e. The van der Waals surface area contributed by atoms with Crippen molar-refractivity contribution < 1.29 is 18.9 Å². The van der Waals surface area contributed by atoms with Gasteiger partial charge in [-0.25, -0.2) is 0 Å². The molecule has 0 fully saturated rings. The first-order valence-electron chi connectivity index (χ1n) is 8.16. The Morgan fingerprint density at radius 1 is 0.720 bits per heavy atom. The Balaban J connectivity index is 1.78. The number of benzene rings is 2. The lowest BCUT2D eigenvalue weighted by Gasteiger charge is -2.11. The molecule has 0 bridgehead atoms. The van der Waals surface area contributed by atoms with Crippen LogP contribution in [0.15, 0.2) is 36.4 Å². The van der Waals surface area contributed by atoms with E-state index in [9.17, 15) is 0 Å². The molecule has 5 heteroatoms. The second kappa shape index (κ2) is 9.79. The first-order valence-corrected chi connectivity index (χ1v) is 8.16. The number of methoxy groups -OCH3 is 4. The molecule has 135 valence electrons. The van der Waals surface area contributed by atoms with E-state index in [-0.39, 0.29) is 0 Å². The summed E-state index contributed by atoms with van der Waals surface area (Å²) in [4.78, 5) is 0. The average Bonchev–Trinajstić information content (AvgIpc) is 2.67. The van der Waals surface area contributed by atoms with Gasteiger partial charge in [-0.2, -0.15) is 0 Å². The van der Waals surface area contributed by atoms with Crippen molar-refractivity contribution in [1.82, 2.24) is 5.32 Å². The van der Waals surface area contributed by atoms with E-state index >= 15 is 0 Å². The molecule has 2 aromatic rings. The molecule has 0 saturated carbocycles. The van der Waals surface area contributed by atoms with Crippen LogP contribution in [0.2, 0.25) is 0 Å². The molecule has 0 spiro atoms. The van der Waals surface area contributed by atoms with Gasteiger partial charge in [-0.15, -0.1) is 0 Å². The van der Waals surface area contributed by atoms with Crippen molar-refractivity contribution in [1.29, 1.82) is 0 Å². The molecule has 0 aliphatic carbocycles. The van der Waals surface area contributed by atoms with Crippen molar-refractivity contribution in [2.75, 3.05) is 35.0 Å². The summed E-state index contributed by atoms with van der Waals surface area (Å²) in [6, 6.07) is 11.9. The van der Waals surface area contributed by atoms with Crippen molar-refractivity contribution in [3.8, 4) is 23.0 Å². The van der Waals surface area contributed by atoms with Crippen LogP contribution in [0.5, 0.6) is 23.0 Å². The highest BCUT2D eigenvalue weighted by molar-refractivity contribution is 5.43. The Labute approximate surface area is 149 Å². The van der Waals surface area contributed by atoms with E-state index in [0.29, 0.717) is 0 Å². The highest BCUT2D eigenvalue weighted by Gasteiger charge is 2.06. The quantitative estimate of drug-likeness (QED) is 0.671. The van der Waals surface area contributed by atoms with Crippen molar-refractivity contribution in [3.63, 3.8) is 0 Å². The Hall–Kier alpha value is -2.40. The van der Waals surface area contributed by atoms with Gasteiger partial charge in [0, 0.05) is 6.54 Å². The lowest BCUT2D eigenvalue weighted by molar-refractivity contribution is 0.354. The summed E-state index contributed by atoms with van der Waals surface area (Å²) in [5.41, 5.74) is 2.34. The molecule has 0 unspecified atom stereocenters. The van der Waals surface area contributed by atoms with E-state index < -0.39 is 0 Å². The zero-order valence-electron chi connectivity index (χ0n) is 15.3. The van der Waals surface area contributed by atoms with Crippen molar-refractivity contribution in [3.05, 3.63) is 53.9 Å². The lowest BCUT2D eigenvalue weighted by atomic mass is 10.1. The molecule has 0 heterocycles. The van der Waals surface area contributed by atoms with E-state index in [0.717, 1.165) is 48.1 Å². The molecule has 1 N–H and O–H groups in total. The fraction of sp³-hybridized carbons (Fsp3) is 0.350. The molecule has 1 radical (unpaired) electrons. The van der Waals surface area contributed by atoms with Gasteiger partial charge < -0.3 is 24.3 Å². The van der Waals surface area contributed by atoms with Gasteiger partial charge >= 0.3 is 0 Å². The molecule has 0 aliphatic heterocycles. The van der Waals surface area contributed by atoms with Gasteiger partial charge in [-0.3, -0.25) is 0 Å². The van der Waals surface area contributed by atoms with Crippen molar-refractivity contribution >= 4 is 0 Å². The largest absolute Gasteiger partial charge is 0.493 e. The molecule has 0 saturated heterocycles. The van der Waals surface area contributed by atoms with Gasteiger partial charge in [0.1, 0.15) is 0 Å². The summed E-state index contributed by atoms with van der Waals surface area (Å²) >= 11 is 0. The van der Waals surface area contributed by atoms with Crippen LogP contribution >= 0.6 is 0 Å². The van der Waals surface area contributed by atoms with Crippen LogP contribution in [0.3, 0.4) is 0 Å². The predicted molar refractivity (Wildman–Crippen MR) is 98.8 cm³/mol. The van der Waals surface area contributed by atoms with Gasteiger partial charge in [0.2, 0.25) is 0 Å². The van der Waals surface area contributed by atoms with Gasteiger partial charge in [0.05, 0.1) is 28.4 Å². The smallest absolute Gasteiger partial charge is 0.161 e. The SMILES string of the molecule is COc1ccc(C[CH]CNCc2ccc(OC)c(OC)c2)cc1OC. The van der Waals surface area contributed by atoms with Gasteiger partial charge in [0.25, 0.3) is 0 Å². The summed E-state index contributed by atoms with van der Waals surface area (Å²) in [7, 11) is 6.57. The molecular weight excluding hydrogens is 318 g/mol. The average molecular weight is 344 g/mol. The van der Waals surface area contributed by atoms with Crippen LogP contribution in [-0.4, -0.2) is 35.0 Å². The normalized spacial score (nSPS) is 10.4. The van der Waals surface area contributed by atoms with E-state index in [4.69, 9.17) is 18.9 Å². The minimum atomic E-state index is 0.742. The van der Waals surface area contributed by atoms with E-state index in [2.05, 4.69) is 11.7 Å². The number of hydrogen-bond donors (Lipinski definition) is 1. The zero-order valence-corrected chi connectivity index (χ0v) is 15.3. The van der Waals surface area contributed by atoms with Crippen LogP contribution in [-0.2, 0) is 13.0 Å². The van der Waals surface area contributed by atoms with Crippen molar-refractivity contribution in [2.24, 2.45) is 0 Å². The molecule has 5 nitrogen and oxygen atoms in total. The van der Waals surface area contributed by atoms with Crippen LogP contribution in [0.4, 0.5) is 0 Å². The Bertz CT molecular complexity index is 615. The van der Waals surface area contributed by atoms with Crippen LogP contribution in [0.1, 0.15) is 11.1 Å². The number of hydrogen-bond acceptors (Lipinski definition) is 5. The second-order valence-corrected chi connectivity index (χ2v) is 5.50. The highest BCUT2D eigenvalue weighted by Crippen LogP contribution is 2.28. The minimum Gasteiger partial charge on any atom is -0.493 e. The standard InChI is InChI=1S/C20H26NO4/c1-22-17-9-7-15(12-19(17)24-3)6-5-11-21-14-16-8-10-18(23-2)20(13-16)25-4/h5,7-10,12-13,21H,6,11,14H2,1-4H3. The first-order chi connectivity index (χ1) is 12.2. The maximum absolute atomic E-state index is 5.33. The molecule has 0 aliphatic rings. The molecule has 2 rings (SSSR count). The molecule has 0 amide bonds. The van der Waals surface area contributed by atoms with Crippen LogP contribution in [0, 0.1) is 6.42 Å². The monoisotopic (exact) mass is 344 g/mol. The summed E-state index contributed by atoms with van der Waals surface area (Å²) in [5, 5.41) is 3.40. The number of ether oxygens (including phenoxy) is 4. The minimum absolute atomic E-state index is 0.742. The third-order valence-corrected chi connectivity index (χ3v) is 3.89. The topological polar surface area (TPSA) is 49.0 Å². The third-order valence-electron chi connectivity index (χ3n) is 3.89.